The van der Waals surface area contributed by atoms with Gasteiger partial charge in [0.25, 0.3) is 0 Å². The van der Waals surface area contributed by atoms with Gasteiger partial charge in [-0.2, -0.15) is 0 Å². The van der Waals surface area contributed by atoms with E-state index in [2.05, 4.69) is 49.2 Å². The number of pyridine rings is 1. The van der Waals surface area contributed by atoms with Crippen molar-refractivity contribution in [1.82, 2.24) is 15.2 Å². The number of aromatic nitrogens is 1. The van der Waals surface area contributed by atoms with Crippen molar-refractivity contribution in [2.24, 2.45) is 0 Å². The van der Waals surface area contributed by atoms with Gasteiger partial charge in [-0.3, -0.25) is 0 Å². The van der Waals surface area contributed by atoms with Crippen LogP contribution in [0.1, 0.15) is 37.4 Å². The average molecular weight is 265 g/mol. The van der Waals surface area contributed by atoms with Gasteiger partial charge in [0.05, 0.1) is 6.61 Å². The first-order valence-electron chi connectivity index (χ1n) is 6.96. The largest absolute Gasteiger partial charge is 0.478 e. The van der Waals surface area contributed by atoms with E-state index >= 15 is 0 Å². The molecule has 0 aromatic carbocycles. The number of hydrogen-bond acceptors (Lipinski definition) is 4. The standard InChI is InChI=1S/C15H27N3O/c1-12(2)14-9-13(11-16-3)10-15(17-14)19-8-6-7-18(4)5/h9-10,12,16H,6-8,11H2,1-5H3. The fourth-order valence-electron chi connectivity index (χ4n) is 1.82. The fraction of sp³-hybridized carbons (Fsp3) is 0.667. The number of rotatable bonds is 8. The van der Waals surface area contributed by atoms with Crippen LogP contribution in [0.4, 0.5) is 0 Å². The topological polar surface area (TPSA) is 37.4 Å². The monoisotopic (exact) mass is 265 g/mol. The lowest BCUT2D eigenvalue weighted by Crippen LogP contribution is -2.16. The Morgan fingerprint density at radius 2 is 2.05 bits per heavy atom. The Morgan fingerprint density at radius 3 is 2.63 bits per heavy atom. The molecule has 1 heterocycles. The number of hydrogen-bond donors (Lipinski definition) is 1. The molecule has 0 saturated heterocycles. The zero-order valence-electron chi connectivity index (χ0n) is 12.9. The van der Waals surface area contributed by atoms with E-state index in [4.69, 9.17) is 4.74 Å². The Hall–Kier alpha value is -1.13. The van der Waals surface area contributed by atoms with E-state index in [1.54, 1.807) is 0 Å². The molecule has 0 bridgehead atoms. The van der Waals surface area contributed by atoms with E-state index in [0.717, 1.165) is 31.1 Å². The van der Waals surface area contributed by atoms with Gasteiger partial charge in [0, 0.05) is 24.8 Å². The van der Waals surface area contributed by atoms with Crippen molar-refractivity contribution < 1.29 is 4.74 Å². The highest BCUT2D eigenvalue weighted by molar-refractivity contribution is 5.26. The van der Waals surface area contributed by atoms with E-state index in [0.29, 0.717) is 12.5 Å². The van der Waals surface area contributed by atoms with Gasteiger partial charge in [-0.1, -0.05) is 13.8 Å². The van der Waals surface area contributed by atoms with Gasteiger partial charge >= 0.3 is 0 Å². The quantitative estimate of drug-likeness (QED) is 0.732. The molecule has 1 rings (SSSR count). The van der Waals surface area contributed by atoms with Crippen molar-refractivity contribution in [1.29, 1.82) is 0 Å². The molecule has 0 spiro atoms. The van der Waals surface area contributed by atoms with E-state index in [9.17, 15) is 0 Å². The van der Waals surface area contributed by atoms with Gasteiger partial charge in [0.2, 0.25) is 5.88 Å². The van der Waals surface area contributed by atoms with Crippen LogP contribution < -0.4 is 10.1 Å². The molecule has 1 aromatic rings. The highest BCUT2D eigenvalue weighted by atomic mass is 16.5. The second-order valence-electron chi connectivity index (χ2n) is 5.43. The Balaban J connectivity index is 2.65. The molecule has 0 radical (unpaired) electrons. The summed E-state index contributed by atoms with van der Waals surface area (Å²) in [5.41, 5.74) is 2.32. The van der Waals surface area contributed by atoms with Gasteiger partial charge < -0.3 is 15.0 Å². The summed E-state index contributed by atoms with van der Waals surface area (Å²) in [4.78, 5) is 6.73. The summed E-state index contributed by atoms with van der Waals surface area (Å²) in [5.74, 6) is 1.16. The maximum absolute atomic E-state index is 5.77. The molecule has 4 heteroatoms. The summed E-state index contributed by atoms with van der Waals surface area (Å²) in [6, 6.07) is 4.17. The zero-order chi connectivity index (χ0) is 14.3. The molecular weight excluding hydrogens is 238 g/mol. The Kier molecular flexibility index (Phi) is 6.81. The van der Waals surface area contributed by atoms with Gasteiger partial charge in [-0.25, -0.2) is 4.98 Å². The summed E-state index contributed by atoms with van der Waals surface area (Å²) in [7, 11) is 6.10. The lowest BCUT2D eigenvalue weighted by atomic mass is 10.1. The Bertz CT molecular complexity index is 378. The molecule has 108 valence electrons. The Morgan fingerprint density at radius 1 is 1.32 bits per heavy atom. The first-order valence-corrected chi connectivity index (χ1v) is 6.96. The molecule has 4 nitrogen and oxygen atoms in total. The smallest absolute Gasteiger partial charge is 0.213 e. The predicted molar refractivity (Wildman–Crippen MR) is 79.8 cm³/mol. The summed E-state index contributed by atoms with van der Waals surface area (Å²) < 4.78 is 5.77. The maximum Gasteiger partial charge on any atom is 0.213 e. The van der Waals surface area contributed by atoms with E-state index < -0.39 is 0 Å². The van der Waals surface area contributed by atoms with Crippen molar-refractivity contribution in [2.75, 3.05) is 34.3 Å². The Labute approximate surface area is 117 Å². The van der Waals surface area contributed by atoms with Gasteiger partial charge in [0.15, 0.2) is 0 Å². The normalized spacial score (nSPS) is 11.3. The molecule has 19 heavy (non-hydrogen) atoms. The molecule has 0 aliphatic carbocycles. The summed E-state index contributed by atoms with van der Waals surface area (Å²) in [5, 5.41) is 3.17. The number of nitrogens with zero attached hydrogens (tertiary/aromatic N) is 2. The summed E-state index contributed by atoms with van der Waals surface area (Å²) >= 11 is 0. The van der Waals surface area contributed by atoms with Crippen molar-refractivity contribution in [3.8, 4) is 5.88 Å². The average Bonchev–Trinajstić information content (AvgIpc) is 2.34. The highest BCUT2D eigenvalue weighted by Crippen LogP contribution is 2.19. The third-order valence-electron chi connectivity index (χ3n) is 2.85. The molecule has 1 N–H and O–H groups in total. The maximum atomic E-state index is 5.77. The van der Waals surface area contributed by atoms with Crippen LogP contribution in [0.5, 0.6) is 5.88 Å². The van der Waals surface area contributed by atoms with Gasteiger partial charge in [-0.15, -0.1) is 0 Å². The lowest BCUT2D eigenvalue weighted by Gasteiger charge is -2.13. The van der Waals surface area contributed by atoms with E-state index in [1.807, 2.05) is 13.1 Å². The molecule has 1 aromatic heterocycles. The van der Waals surface area contributed by atoms with Crippen LogP contribution in [0.2, 0.25) is 0 Å². The summed E-state index contributed by atoms with van der Waals surface area (Å²) in [6.45, 7) is 6.90. The van der Waals surface area contributed by atoms with Crippen LogP contribution in [-0.4, -0.2) is 44.2 Å². The molecule has 0 aliphatic heterocycles. The second-order valence-corrected chi connectivity index (χ2v) is 5.43. The van der Waals surface area contributed by atoms with E-state index in [1.165, 1.54) is 5.56 Å². The molecular formula is C15H27N3O. The highest BCUT2D eigenvalue weighted by Gasteiger charge is 2.07. The fourth-order valence-corrected chi connectivity index (χ4v) is 1.82. The first kappa shape index (κ1) is 15.9. The summed E-state index contributed by atoms with van der Waals surface area (Å²) in [6.07, 6.45) is 1.02. The second kappa shape index (κ2) is 8.12. The third kappa shape index (κ3) is 6.03. The van der Waals surface area contributed by atoms with Crippen LogP contribution >= 0.6 is 0 Å². The van der Waals surface area contributed by atoms with Crippen LogP contribution in [-0.2, 0) is 6.54 Å². The predicted octanol–water partition coefficient (Wildman–Crippen LogP) is 2.25. The van der Waals surface area contributed by atoms with Crippen LogP contribution in [0, 0.1) is 0 Å². The van der Waals surface area contributed by atoms with Crippen LogP contribution in [0.15, 0.2) is 12.1 Å². The van der Waals surface area contributed by atoms with Crippen molar-refractivity contribution >= 4 is 0 Å². The minimum atomic E-state index is 0.418. The number of nitrogens with one attached hydrogen (secondary N) is 1. The van der Waals surface area contributed by atoms with E-state index in [-0.39, 0.29) is 0 Å². The zero-order valence-corrected chi connectivity index (χ0v) is 12.9. The molecule has 0 saturated carbocycles. The third-order valence-corrected chi connectivity index (χ3v) is 2.85. The SMILES string of the molecule is CNCc1cc(OCCCN(C)C)nc(C(C)C)c1. The molecule has 0 fully saturated rings. The van der Waals surface area contributed by atoms with Crippen molar-refractivity contribution in [2.45, 2.75) is 32.7 Å². The molecule has 0 amide bonds. The molecule has 0 atom stereocenters. The van der Waals surface area contributed by atoms with Crippen molar-refractivity contribution in [3.63, 3.8) is 0 Å². The number of ether oxygens (including phenoxy) is 1. The van der Waals surface area contributed by atoms with Gasteiger partial charge in [-0.05, 0) is 45.1 Å². The minimum Gasteiger partial charge on any atom is -0.478 e. The van der Waals surface area contributed by atoms with Crippen molar-refractivity contribution in [3.05, 3.63) is 23.4 Å². The minimum absolute atomic E-state index is 0.418. The molecule has 0 aliphatic rings. The lowest BCUT2D eigenvalue weighted by molar-refractivity contribution is 0.272. The van der Waals surface area contributed by atoms with Crippen LogP contribution in [0.3, 0.4) is 0 Å². The van der Waals surface area contributed by atoms with Gasteiger partial charge in [0.1, 0.15) is 0 Å². The first-order chi connectivity index (χ1) is 9.02. The molecule has 0 unspecified atom stereocenters. The van der Waals surface area contributed by atoms with Crippen LogP contribution in [0.25, 0.3) is 0 Å².